The molecule has 0 aliphatic carbocycles. The third-order valence-corrected chi connectivity index (χ3v) is 4.13. The Kier molecular flexibility index (Phi) is 5.20. The van der Waals surface area contributed by atoms with Crippen LogP contribution >= 0.6 is 0 Å². The molecule has 1 atom stereocenters. The molecule has 2 aromatic carbocycles. The number of amides is 1. The second kappa shape index (κ2) is 7.14. The van der Waals surface area contributed by atoms with Gasteiger partial charge in [-0.1, -0.05) is 50.2 Å². The fraction of sp³-hybridized carbons (Fsp3) is 0.316. The fourth-order valence-corrected chi connectivity index (χ4v) is 2.24. The number of hydrogen-bond acceptors (Lipinski definition) is 4. The molecule has 5 nitrogen and oxygen atoms in total. The number of nitriles is 1. The molecule has 0 saturated carbocycles. The first-order valence-electron chi connectivity index (χ1n) is 7.74. The number of carbonyl (C=O) groups is 2. The van der Waals surface area contributed by atoms with Crippen molar-refractivity contribution in [3.63, 3.8) is 0 Å². The van der Waals surface area contributed by atoms with Crippen LogP contribution in [0.5, 0.6) is 0 Å². The summed E-state index contributed by atoms with van der Waals surface area (Å²) in [5.74, 6) is -1.13. The maximum absolute atomic E-state index is 12.3. The van der Waals surface area contributed by atoms with Crippen LogP contribution in [-0.2, 0) is 9.53 Å². The van der Waals surface area contributed by atoms with E-state index in [1.807, 2.05) is 44.2 Å². The zero-order valence-electron chi connectivity index (χ0n) is 14.0. The van der Waals surface area contributed by atoms with Gasteiger partial charge < -0.3 is 10.1 Å². The molecule has 124 valence electrons. The van der Waals surface area contributed by atoms with Crippen LogP contribution in [0.15, 0.2) is 42.5 Å². The van der Waals surface area contributed by atoms with Gasteiger partial charge in [-0.2, -0.15) is 5.26 Å². The van der Waals surface area contributed by atoms with E-state index in [0.29, 0.717) is 5.56 Å². The molecule has 0 fully saturated rings. The molecule has 0 heterocycles. The smallest absolute Gasteiger partial charge is 0.339 e. The highest BCUT2D eigenvalue weighted by molar-refractivity contribution is 6.04. The second-order valence-corrected chi connectivity index (χ2v) is 6.12. The van der Waals surface area contributed by atoms with Crippen LogP contribution in [0.3, 0.4) is 0 Å². The largest absolute Gasteiger partial charge is 0.452 e. The fourth-order valence-electron chi connectivity index (χ4n) is 2.24. The van der Waals surface area contributed by atoms with E-state index in [4.69, 9.17) is 4.74 Å². The summed E-state index contributed by atoms with van der Waals surface area (Å²) < 4.78 is 5.11. The van der Waals surface area contributed by atoms with Crippen LogP contribution in [0.4, 0.5) is 0 Å². The van der Waals surface area contributed by atoms with Gasteiger partial charge in [-0.3, -0.25) is 4.79 Å². The Morgan fingerprint density at radius 3 is 2.54 bits per heavy atom. The number of carbonyl (C=O) groups excluding carboxylic acids is 2. The number of nitrogens with zero attached hydrogens (tertiary/aromatic N) is 1. The quantitative estimate of drug-likeness (QED) is 0.857. The van der Waals surface area contributed by atoms with Gasteiger partial charge in [0, 0.05) is 0 Å². The van der Waals surface area contributed by atoms with Crippen molar-refractivity contribution in [2.75, 3.05) is 6.61 Å². The molecule has 0 saturated heterocycles. The Balaban J connectivity index is 2.05. The van der Waals surface area contributed by atoms with Gasteiger partial charge in [-0.05, 0) is 29.7 Å². The molecular formula is C19H20N2O3. The molecule has 1 N–H and O–H groups in total. The molecule has 0 spiro atoms. The molecule has 0 aromatic heterocycles. The highest BCUT2D eigenvalue weighted by atomic mass is 16.5. The van der Waals surface area contributed by atoms with Gasteiger partial charge in [0.2, 0.25) is 0 Å². The molecular weight excluding hydrogens is 304 g/mol. The van der Waals surface area contributed by atoms with Gasteiger partial charge >= 0.3 is 5.97 Å². The predicted octanol–water partition coefficient (Wildman–Crippen LogP) is 3.05. The van der Waals surface area contributed by atoms with Crippen molar-refractivity contribution in [1.82, 2.24) is 5.32 Å². The second-order valence-electron chi connectivity index (χ2n) is 6.12. The number of ether oxygens (including phenoxy) is 1. The number of esters is 1. The average Bonchev–Trinajstić information content (AvgIpc) is 2.58. The summed E-state index contributed by atoms with van der Waals surface area (Å²) in [5, 5.41) is 13.5. The van der Waals surface area contributed by atoms with Gasteiger partial charge in [0.25, 0.3) is 5.91 Å². The van der Waals surface area contributed by atoms with Crippen molar-refractivity contribution in [2.24, 2.45) is 5.92 Å². The van der Waals surface area contributed by atoms with Crippen LogP contribution < -0.4 is 5.32 Å². The summed E-state index contributed by atoms with van der Waals surface area (Å²) in [6.45, 7) is 4.89. The normalized spacial score (nSPS) is 13.1. The van der Waals surface area contributed by atoms with Gasteiger partial charge in [0.1, 0.15) is 5.54 Å². The summed E-state index contributed by atoms with van der Waals surface area (Å²) in [7, 11) is 0. The molecule has 0 aliphatic rings. The lowest BCUT2D eigenvalue weighted by Gasteiger charge is -2.27. The van der Waals surface area contributed by atoms with E-state index >= 15 is 0 Å². The number of benzene rings is 2. The first-order valence-corrected chi connectivity index (χ1v) is 7.74. The SMILES string of the molecule is CC(C)[C@](C)(C#N)NC(=O)COC(=O)c1cccc2ccccc12. The monoisotopic (exact) mass is 324 g/mol. The maximum atomic E-state index is 12.3. The van der Waals surface area contributed by atoms with Crippen LogP contribution in [0.2, 0.25) is 0 Å². The molecule has 2 aromatic rings. The molecule has 2 rings (SSSR count). The predicted molar refractivity (Wildman–Crippen MR) is 91.2 cm³/mol. The Hall–Kier alpha value is -2.87. The average molecular weight is 324 g/mol. The third kappa shape index (κ3) is 3.72. The highest BCUT2D eigenvalue weighted by Crippen LogP contribution is 2.19. The lowest BCUT2D eigenvalue weighted by Crippen LogP contribution is -2.50. The van der Waals surface area contributed by atoms with Crippen LogP contribution in [-0.4, -0.2) is 24.0 Å². The van der Waals surface area contributed by atoms with E-state index < -0.39 is 24.0 Å². The summed E-state index contributed by atoms with van der Waals surface area (Å²) in [6.07, 6.45) is 0. The number of nitrogens with one attached hydrogen (secondary N) is 1. The lowest BCUT2D eigenvalue weighted by atomic mass is 9.90. The van der Waals surface area contributed by atoms with Crippen LogP contribution in [0.1, 0.15) is 31.1 Å². The molecule has 0 aliphatic heterocycles. The molecule has 0 bridgehead atoms. The van der Waals surface area contributed by atoms with Crippen molar-refractivity contribution in [2.45, 2.75) is 26.3 Å². The summed E-state index contributed by atoms with van der Waals surface area (Å²) in [6, 6.07) is 14.9. The number of fused-ring (bicyclic) bond motifs is 1. The van der Waals surface area contributed by atoms with Gasteiger partial charge in [0.15, 0.2) is 6.61 Å². The van der Waals surface area contributed by atoms with Crippen molar-refractivity contribution >= 4 is 22.6 Å². The van der Waals surface area contributed by atoms with E-state index in [2.05, 4.69) is 11.4 Å². The van der Waals surface area contributed by atoms with Crippen molar-refractivity contribution < 1.29 is 14.3 Å². The summed E-state index contributed by atoms with van der Waals surface area (Å²) >= 11 is 0. The van der Waals surface area contributed by atoms with Gasteiger partial charge in [-0.15, -0.1) is 0 Å². The Morgan fingerprint density at radius 2 is 1.88 bits per heavy atom. The Bertz CT molecular complexity index is 802. The van der Waals surface area contributed by atoms with Crippen molar-refractivity contribution in [3.05, 3.63) is 48.0 Å². The molecule has 24 heavy (non-hydrogen) atoms. The molecule has 0 unspecified atom stereocenters. The summed E-state index contributed by atoms with van der Waals surface area (Å²) in [4.78, 5) is 24.2. The zero-order valence-corrected chi connectivity index (χ0v) is 14.0. The van der Waals surface area contributed by atoms with E-state index in [1.54, 1.807) is 19.1 Å². The van der Waals surface area contributed by atoms with Gasteiger partial charge in [-0.25, -0.2) is 4.79 Å². The lowest BCUT2D eigenvalue weighted by molar-refractivity contribution is -0.125. The van der Waals surface area contributed by atoms with Gasteiger partial charge in [0.05, 0.1) is 11.6 Å². The molecule has 1 amide bonds. The minimum absolute atomic E-state index is 0.0692. The maximum Gasteiger partial charge on any atom is 0.339 e. The first kappa shape index (κ1) is 17.5. The number of rotatable bonds is 5. The number of hydrogen-bond donors (Lipinski definition) is 1. The molecule has 0 radical (unpaired) electrons. The topological polar surface area (TPSA) is 79.2 Å². The first-order chi connectivity index (χ1) is 11.4. The Labute approximate surface area is 141 Å². The molecule has 5 heteroatoms. The van der Waals surface area contributed by atoms with E-state index in [0.717, 1.165) is 10.8 Å². The van der Waals surface area contributed by atoms with Crippen molar-refractivity contribution in [1.29, 1.82) is 5.26 Å². The van der Waals surface area contributed by atoms with Crippen molar-refractivity contribution in [3.8, 4) is 6.07 Å². The standard InChI is InChI=1S/C19H20N2O3/c1-13(2)19(3,12-20)21-17(22)11-24-18(23)16-10-6-8-14-7-4-5-9-15(14)16/h4-10,13H,11H2,1-3H3,(H,21,22)/t19-/m0/s1. The summed E-state index contributed by atoms with van der Waals surface area (Å²) in [5.41, 5.74) is -0.587. The Morgan fingerprint density at radius 1 is 1.21 bits per heavy atom. The third-order valence-electron chi connectivity index (χ3n) is 4.13. The van der Waals surface area contributed by atoms with E-state index in [9.17, 15) is 14.9 Å². The minimum Gasteiger partial charge on any atom is -0.452 e. The van der Waals surface area contributed by atoms with Crippen LogP contribution in [0.25, 0.3) is 10.8 Å². The van der Waals surface area contributed by atoms with E-state index in [-0.39, 0.29) is 5.92 Å². The highest BCUT2D eigenvalue weighted by Gasteiger charge is 2.30. The van der Waals surface area contributed by atoms with Crippen LogP contribution in [0, 0.1) is 17.2 Å². The van der Waals surface area contributed by atoms with E-state index in [1.165, 1.54) is 0 Å². The minimum atomic E-state index is -0.997. The zero-order chi connectivity index (χ0) is 17.7.